The quantitative estimate of drug-likeness (QED) is 0.601. The number of carbonyl (C=O) groups excluding carboxylic acids is 1. The number of hydrogen-bond acceptors (Lipinski definition) is 6. The fourth-order valence-electron chi connectivity index (χ4n) is 2.36. The van der Waals surface area contributed by atoms with Crippen molar-refractivity contribution in [1.82, 2.24) is 25.2 Å². The number of rotatable bonds is 5. The normalized spacial score (nSPS) is 10.7. The first kappa shape index (κ1) is 14.9. The summed E-state index contributed by atoms with van der Waals surface area (Å²) < 4.78 is 11.9. The molecule has 8 nitrogen and oxygen atoms in total. The molecule has 1 N–H and O–H groups in total. The van der Waals surface area contributed by atoms with E-state index in [0.29, 0.717) is 22.8 Å². The minimum Gasteiger partial charge on any atom is -0.459 e. The van der Waals surface area contributed by atoms with Gasteiger partial charge in [0.2, 0.25) is 0 Å². The molecule has 0 radical (unpaired) electrons. The van der Waals surface area contributed by atoms with Gasteiger partial charge in [0.05, 0.1) is 24.1 Å². The van der Waals surface area contributed by atoms with Crippen molar-refractivity contribution < 1.29 is 13.7 Å². The Kier molecular flexibility index (Phi) is 3.83. The van der Waals surface area contributed by atoms with Gasteiger partial charge in [-0.2, -0.15) is 10.1 Å². The lowest BCUT2D eigenvalue weighted by Crippen LogP contribution is -2.24. The summed E-state index contributed by atoms with van der Waals surface area (Å²) >= 11 is 0. The largest absolute Gasteiger partial charge is 0.459 e. The third-order valence-electron chi connectivity index (χ3n) is 3.51. The Balaban J connectivity index is 1.48. The van der Waals surface area contributed by atoms with Gasteiger partial charge in [-0.25, -0.2) is 4.68 Å². The molecule has 1 amide bonds. The number of hydrogen-bond donors (Lipinski definition) is 1. The van der Waals surface area contributed by atoms with Gasteiger partial charge in [-0.1, -0.05) is 17.3 Å². The lowest BCUT2D eigenvalue weighted by molar-refractivity contribution is 0.0949. The molecule has 0 aliphatic carbocycles. The van der Waals surface area contributed by atoms with E-state index in [1.54, 1.807) is 47.4 Å². The fraction of sp³-hybridized carbons (Fsp3) is 0.0588. The van der Waals surface area contributed by atoms with E-state index >= 15 is 0 Å². The molecule has 0 fully saturated rings. The average molecular weight is 335 g/mol. The van der Waals surface area contributed by atoms with Crippen molar-refractivity contribution in [3.05, 3.63) is 72.5 Å². The van der Waals surface area contributed by atoms with E-state index in [0.717, 1.165) is 0 Å². The van der Waals surface area contributed by atoms with Crippen LogP contribution in [0.15, 0.2) is 70.1 Å². The van der Waals surface area contributed by atoms with E-state index in [4.69, 9.17) is 8.94 Å². The molecule has 0 spiro atoms. The summed E-state index contributed by atoms with van der Waals surface area (Å²) in [6, 6.07) is 12.4. The van der Waals surface area contributed by atoms with Gasteiger partial charge in [0.25, 0.3) is 11.8 Å². The molecule has 0 atom stereocenters. The Morgan fingerprint density at radius 2 is 2.08 bits per heavy atom. The molecule has 0 saturated heterocycles. The number of amides is 1. The van der Waals surface area contributed by atoms with Crippen LogP contribution in [0.4, 0.5) is 0 Å². The van der Waals surface area contributed by atoms with Gasteiger partial charge in [-0.15, -0.1) is 0 Å². The van der Waals surface area contributed by atoms with Crippen LogP contribution in [0.1, 0.15) is 16.2 Å². The standard InChI is InChI=1S/C17H13N5O3/c23-16(12-5-1-2-6-13(12)22-9-4-8-19-22)18-11-15-20-17(25-21-15)14-7-3-10-24-14/h1-10H,11H2,(H,18,23). The van der Waals surface area contributed by atoms with Crippen LogP contribution in [0, 0.1) is 0 Å². The summed E-state index contributed by atoms with van der Waals surface area (Å²) in [6.07, 6.45) is 4.96. The summed E-state index contributed by atoms with van der Waals surface area (Å²) in [5.41, 5.74) is 1.19. The second-order valence-electron chi connectivity index (χ2n) is 5.14. The zero-order valence-electron chi connectivity index (χ0n) is 13.0. The van der Waals surface area contributed by atoms with Crippen LogP contribution in [0.2, 0.25) is 0 Å². The molecule has 0 unspecified atom stereocenters. The minimum absolute atomic E-state index is 0.135. The smallest absolute Gasteiger partial charge is 0.293 e. The summed E-state index contributed by atoms with van der Waals surface area (Å²) in [4.78, 5) is 16.7. The lowest BCUT2D eigenvalue weighted by Gasteiger charge is -2.09. The van der Waals surface area contributed by atoms with Gasteiger partial charge in [0.15, 0.2) is 11.6 Å². The predicted octanol–water partition coefficient (Wildman–Crippen LogP) is 2.45. The van der Waals surface area contributed by atoms with Crippen molar-refractivity contribution in [3.63, 3.8) is 0 Å². The van der Waals surface area contributed by atoms with E-state index in [9.17, 15) is 4.79 Å². The van der Waals surface area contributed by atoms with Gasteiger partial charge in [-0.3, -0.25) is 4.79 Å². The van der Waals surface area contributed by atoms with E-state index in [1.807, 2.05) is 12.1 Å². The average Bonchev–Trinajstić information content (AvgIpc) is 3.41. The van der Waals surface area contributed by atoms with E-state index in [-0.39, 0.29) is 18.3 Å². The van der Waals surface area contributed by atoms with Crippen molar-refractivity contribution in [2.24, 2.45) is 0 Å². The molecule has 3 aromatic heterocycles. The number of nitrogens with one attached hydrogen (secondary N) is 1. The third-order valence-corrected chi connectivity index (χ3v) is 3.51. The Bertz CT molecular complexity index is 974. The van der Waals surface area contributed by atoms with Gasteiger partial charge in [0.1, 0.15) is 0 Å². The van der Waals surface area contributed by atoms with Crippen molar-refractivity contribution in [1.29, 1.82) is 0 Å². The Labute approximate surface area is 142 Å². The maximum Gasteiger partial charge on any atom is 0.293 e. The van der Waals surface area contributed by atoms with E-state index < -0.39 is 0 Å². The molecule has 0 aliphatic heterocycles. The zero-order chi connectivity index (χ0) is 17.1. The first-order valence-corrected chi connectivity index (χ1v) is 7.55. The van der Waals surface area contributed by atoms with Crippen LogP contribution in [-0.2, 0) is 6.54 Å². The minimum atomic E-state index is -0.254. The molecule has 0 aliphatic rings. The first-order chi connectivity index (χ1) is 12.3. The summed E-state index contributed by atoms with van der Waals surface area (Å²) in [7, 11) is 0. The first-order valence-electron chi connectivity index (χ1n) is 7.55. The highest BCUT2D eigenvalue weighted by molar-refractivity contribution is 5.97. The van der Waals surface area contributed by atoms with Crippen LogP contribution in [0.5, 0.6) is 0 Å². The summed E-state index contributed by atoms with van der Waals surface area (Å²) in [5.74, 6) is 0.854. The molecule has 0 bridgehead atoms. The molecular weight excluding hydrogens is 322 g/mol. The Morgan fingerprint density at radius 3 is 2.88 bits per heavy atom. The second-order valence-corrected chi connectivity index (χ2v) is 5.14. The van der Waals surface area contributed by atoms with Gasteiger partial charge >= 0.3 is 0 Å². The molecule has 3 heterocycles. The number of nitrogens with zero attached hydrogens (tertiary/aromatic N) is 4. The number of furan rings is 1. The lowest BCUT2D eigenvalue weighted by atomic mass is 10.1. The number of carbonyl (C=O) groups is 1. The van der Waals surface area contributed by atoms with E-state index in [1.165, 1.54) is 6.26 Å². The van der Waals surface area contributed by atoms with Crippen LogP contribution in [0.3, 0.4) is 0 Å². The Hall–Kier alpha value is -3.68. The molecule has 4 aromatic rings. The number of benzene rings is 1. The van der Waals surface area contributed by atoms with Crippen molar-refractivity contribution in [2.75, 3.05) is 0 Å². The van der Waals surface area contributed by atoms with Gasteiger partial charge in [-0.05, 0) is 30.3 Å². The third kappa shape index (κ3) is 3.05. The monoisotopic (exact) mass is 335 g/mol. The highest BCUT2D eigenvalue weighted by atomic mass is 16.5. The zero-order valence-corrected chi connectivity index (χ0v) is 13.0. The van der Waals surface area contributed by atoms with Crippen LogP contribution in [0.25, 0.3) is 17.3 Å². The SMILES string of the molecule is O=C(NCc1noc(-c2ccco2)n1)c1ccccc1-n1cccn1. The second kappa shape index (κ2) is 6.44. The van der Waals surface area contributed by atoms with Crippen LogP contribution >= 0.6 is 0 Å². The highest BCUT2D eigenvalue weighted by Crippen LogP contribution is 2.17. The topological polar surface area (TPSA) is 99.0 Å². The molecule has 8 heteroatoms. The van der Waals surface area contributed by atoms with Gasteiger partial charge in [0, 0.05) is 12.4 Å². The van der Waals surface area contributed by atoms with Crippen molar-refractivity contribution in [3.8, 4) is 17.3 Å². The Morgan fingerprint density at radius 1 is 1.16 bits per heavy atom. The highest BCUT2D eigenvalue weighted by Gasteiger charge is 2.15. The predicted molar refractivity (Wildman–Crippen MR) is 86.7 cm³/mol. The van der Waals surface area contributed by atoms with Gasteiger partial charge < -0.3 is 14.3 Å². The summed E-state index contributed by atoms with van der Waals surface area (Å²) in [5, 5.41) is 10.8. The number of para-hydroxylation sites is 1. The molecule has 25 heavy (non-hydrogen) atoms. The maximum absolute atomic E-state index is 12.5. The summed E-state index contributed by atoms with van der Waals surface area (Å²) in [6.45, 7) is 0.135. The van der Waals surface area contributed by atoms with Crippen LogP contribution < -0.4 is 5.32 Å². The molecule has 4 rings (SSSR count). The molecule has 0 saturated carbocycles. The van der Waals surface area contributed by atoms with E-state index in [2.05, 4.69) is 20.6 Å². The maximum atomic E-state index is 12.5. The van der Waals surface area contributed by atoms with Crippen molar-refractivity contribution >= 4 is 5.91 Å². The fourth-order valence-corrected chi connectivity index (χ4v) is 2.36. The van der Waals surface area contributed by atoms with Crippen molar-refractivity contribution in [2.45, 2.75) is 6.54 Å². The number of aromatic nitrogens is 4. The van der Waals surface area contributed by atoms with Crippen LogP contribution in [-0.4, -0.2) is 25.8 Å². The molecular formula is C17H13N5O3. The molecule has 1 aromatic carbocycles. The molecule has 124 valence electrons.